The molecule has 6 rings (SSSR count). The molecule has 0 radical (unpaired) electrons. The Bertz CT molecular complexity index is 1640. The van der Waals surface area contributed by atoms with Crippen LogP contribution in [0.3, 0.4) is 0 Å². The van der Waals surface area contributed by atoms with Crippen molar-refractivity contribution in [3.05, 3.63) is 70.0 Å². The fourth-order valence-electron chi connectivity index (χ4n) is 7.54. The van der Waals surface area contributed by atoms with Gasteiger partial charge in [0.2, 0.25) is 0 Å². The van der Waals surface area contributed by atoms with Gasteiger partial charge in [0.25, 0.3) is 0 Å². The molecule has 264 valence electrons. The lowest BCUT2D eigenvalue weighted by Gasteiger charge is -2.32. The molecule has 49 heavy (non-hydrogen) atoms. The molecule has 3 aliphatic rings. The van der Waals surface area contributed by atoms with E-state index >= 15 is 0 Å². The van der Waals surface area contributed by atoms with Crippen molar-refractivity contribution in [3.8, 4) is 28.0 Å². The second kappa shape index (κ2) is 15.3. The zero-order chi connectivity index (χ0) is 34.7. The van der Waals surface area contributed by atoms with Crippen molar-refractivity contribution >= 4 is 5.97 Å². The maximum Gasteiger partial charge on any atom is 0.340 e. The van der Waals surface area contributed by atoms with Crippen LogP contribution in [0.25, 0.3) is 22.3 Å². The van der Waals surface area contributed by atoms with Crippen LogP contribution in [0.1, 0.15) is 93.6 Å². The molecule has 0 spiro atoms. The first-order valence-corrected chi connectivity index (χ1v) is 18.2. The predicted octanol–water partition coefficient (Wildman–Crippen LogP) is 7.36. The number of hydrogen-bond acceptors (Lipinski definition) is 8. The average Bonchev–Trinajstić information content (AvgIpc) is 3.06. The van der Waals surface area contributed by atoms with Crippen LogP contribution < -0.4 is 10.1 Å². The maximum absolute atomic E-state index is 14.1. The molecule has 0 saturated carbocycles. The summed E-state index contributed by atoms with van der Waals surface area (Å²) in [6.45, 7) is 17.6. The van der Waals surface area contributed by atoms with Gasteiger partial charge in [0, 0.05) is 49.7 Å². The smallest absolute Gasteiger partial charge is 0.340 e. The van der Waals surface area contributed by atoms with Crippen LogP contribution >= 0.6 is 0 Å². The Labute approximate surface area is 292 Å². The number of rotatable bonds is 10. The van der Waals surface area contributed by atoms with Crippen molar-refractivity contribution in [2.24, 2.45) is 5.92 Å². The third-order valence-corrected chi connectivity index (χ3v) is 9.71. The first-order valence-electron chi connectivity index (χ1n) is 18.2. The van der Waals surface area contributed by atoms with Crippen molar-refractivity contribution in [2.45, 2.75) is 105 Å². The van der Waals surface area contributed by atoms with Crippen LogP contribution in [0.15, 0.2) is 36.4 Å². The van der Waals surface area contributed by atoms with Gasteiger partial charge in [0.05, 0.1) is 24.0 Å². The van der Waals surface area contributed by atoms with Crippen LogP contribution in [0.4, 0.5) is 0 Å². The zero-order valence-electron chi connectivity index (χ0n) is 30.6. The molecule has 2 aromatic carbocycles. The third-order valence-electron chi connectivity index (χ3n) is 9.71. The fourth-order valence-corrected chi connectivity index (χ4v) is 7.54. The molecule has 3 aromatic rings. The number of fused-ring (bicyclic) bond motifs is 2. The van der Waals surface area contributed by atoms with E-state index in [1.807, 2.05) is 41.5 Å². The Balaban J connectivity index is 1.60. The van der Waals surface area contributed by atoms with Gasteiger partial charge in [-0.15, -0.1) is 0 Å². The van der Waals surface area contributed by atoms with E-state index in [1.54, 1.807) is 0 Å². The quantitative estimate of drug-likeness (QED) is 0.224. The number of carbonyl (C=O) groups is 1. The second-order valence-corrected chi connectivity index (χ2v) is 15.3. The monoisotopic (exact) mass is 669 g/mol. The molecule has 1 fully saturated rings. The van der Waals surface area contributed by atoms with Gasteiger partial charge in [-0.2, -0.15) is 0 Å². The Morgan fingerprint density at radius 1 is 1.00 bits per heavy atom. The summed E-state index contributed by atoms with van der Waals surface area (Å²) in [6, 6.07) is 13.3. The SMILES string of the molecule is Cc1nc(CN(C)CC2CCOCC2)c(-c2ccc3c(c2)CCNC3)c(-c2ccc3c(c2)CCCO3)c1C(OC(C)(C)C)C(=O)OC(C)C. The van der Waals surface area contributed by atoms with Gasteiger partial charge in [-0.1, -0.05) is 24.3 Å². The molecule has 4 heterocycles. The molecule has 1 atom stereocenters. The molecule has 0 aliphatic carbocycles. The summed E-state index contributed by atoms with van der Waals surface area (Å²) < 4.78 is 24.3. The Kier molecular flexibility index (Phi) is 11.1. The summed E-state index contributed by atoms with van der Waals surface area (Å²) in [6.07, 6.45) is 3.79. The van der Waals surface area contributed by atoms with E-state index in [2.05, 4.69) is 53.7 Å². The molecule has 0 bridgehead atoms. The minimum absolute atomic E-state index is 0.289. The topological polar surface area (TPSA) is 82.2 Å². The first kappa shape index (κ1) is 35.5. The Morgan fingerprint density at radius 3 is 2.49 bits per heavy atom. The minimum Gasteiger partial charge on any atom is -0.493 e. The summed E-state index contributed by atoms with van der Waals surface area (Å²) in [5.74, 6) is 1.13. The lowest BCUT2D eigenvalue weighted by molar-refractivity contribution is -0.171. The zero-order valence-corrected chi connectivity index (χ0v) is 30.6. The van der Waals surface area contributed by atoms with Gasteiger partial charge >= 0.3 is 5.97 Å². The Morgan fingerprint density at radius 2 is 1.73 bits per heavy atom. The highest BCUT2D eigenvalue weighted by atomic mass is 16.6. The highest BCUT2D eigenvalue weighted by Gasteiger charge is 2.36. The van der Waals surface area contributed by atoms with Gasteiger partial charge in [0.1, 0.15) is 5.75 Å². The van der Waals surface area contributed by atoms with E-state index in [0.29, 0.717) is 12.5 Å². The molecule has 3 aliphatic heterocycles. The van der Waals surface area contributed by atoms with Crippen molar-refractivity contribution in [2.75, 3.05) is 40.0 Å². The number of carbonyl (C=O) groups excluding carboxylic acids is 1. The molecule has 0 amide bonds. The average molecular weight is 670 g/mol. The lowest BCUT2D eigenvalue weighted by atomic mass is 9.84. The molecule has 1 unspecified atom stereocenters. The molecule has 8 heteroatoms. The first-order chi connectivity index (χ1) is 23.5. The van der Waals surface area contributed by atoms with Crippen LogP contribution in [0.5, 0.6) is 5.75 Å². The summed E-state index contributed by atoms with van der Waals surface area (Å²) in [5, 5.41) is 3.52. The number of nitrogens with zero attached hydrogens (tertiary/aromatic N) is 2. The van der Waals surface area contributed by atoms with Gasteiger partial charge in [-0.05, 0) is 139 Å². The van der Waals surface area contributed by atoms with E-state index in [0.717, 1.165) is 117 Å². The van der Waals surface area contributed by atoms with Crippen LogP contribution in [0.2, 0.25) is 0 Å². The maximum atomic E-state index is 14.1. The van der Waals surface area contributed by atoms with E-state index in [9.17, 15) is 4.79 Å². The highest BCUT2D eigenvalue weighted by Crippen LogP contribution is 2.45. The van der Waals surface area contributed by atoms with Crippen molar-refractivity contribution in [3.63, 3.8) is 0 Å². The Hall–Kier alpha value is -3.30. The van der Waals surface area contributed by atoms with E-state index < -0.39 is 17.7 Å². The molecule has 1 N–H and O–H groups in total. The molecular weight excluding hydrogens is 614 g/mol. The minimum atomic E-state index is -0.966. The summed E-state index contributed by atoms with van der Waals surface area (Å²) in [4.78, 5) is 21.9. The van der Waals surface area contributed by atoms with Crippen molar-refractivity contribution < 1.29 is 23.7 Å². The van der Waals surface area contributed by atoms with Crippen LogP contribution in [-0.2, 0) is 44.9 Å². The van der Waals surface area contributed by atoms with Crippen LogP contribution in [0, 0.1) is 12.8 Å². The molecule has 8 nitrogen and oxygen atoms in total. The third kappa shape index (κ3) is 8.54. The number of esters is 1. The van der Waals surface area contributed by atoms with E-state index in [4.69, 9.17) is 23.9 Å². The lowest BCUT2D eigenvalue weighted by Crippen LogP contribution is -2.32. The van der Waals surface area contributed by atoms with Crippen molar-refractivity contribution in [1.82, 2.24) is 15.2 Å². The predicted molar refractivity (Wildman–Crippen MR) is 194 cm³/mol. The van der Waals surface area contributed by atoms with E-state index in [1.165, 1.54) is 16.7 Å². The van der Waals surface area contributed by atoms with Gasteiger partial charge < -0.3 is 29.2 Å². The molecular formula is C41H55N3O5. The molecule has 1 aromatic heterocycles. The summed E-state index contributed by atoms with van der Waals surface area (Å²) in [5.41, 5.74) is 9.98. The van der Waals surface area contributed by atoms with Gasteiger partial charge in [0.15, 0.2) is 6.10 Å². The van der Waals surface area contributed by atoms with Gasteiger partial charge in [-0.25, -0.2) is 4.79 Å². The molecule has 1 saturated heterocycles. The largest absolute Gasteiger partial charge is 0.493 e. The number of hydrogen-bond donors (Lipinski definition) is 1. The highest BCUT2D eigenvalue weighted by molar-refractivity contribution is 5.92. The summed E-state index contributed by atoms with van der Waals surface area (Å²) in [7, 11) is 2.20. The summed E-state index contributed by atoms with van der Waals surface area (Å²) >= 11 is 0. The number of aryl methyl sites for hydroxylation is 2. The number of benzene rings is 2. The second-order valence-electron chi connectivity index (χ2n) is 15.3. The number of pyridine rings is 1. The van der Waals surface area contributed by atoms with Crippen molar-refractivity contribution in [1.29, 1.82) is 0 Å². The van der Waals surface area contributed by atoms with Crippen LogP contribution in [-0.4, -0.2) is 67.5 Å². The van der Waals surface area contributed by atoms with Gasteiger partial charge in [-0.3, -0.25) is 4.98 Å². The number of ether oxygens (including phenoxy) is 4. The fraction of sp³-hybridized carbons (Fsp3) is 0.561. The number of aromatic nitrogens is 1. The standard InChI is InChI=1S/C41H55N3O5/c1-26(2)48-40(45)39(49-41(4,5)6)36-27(3)43-34(25-44(7)24-28-15-19-46-20-16-28)37(31-10-11-33-23-42-17-14-29(33)21-31)38(36)32-12-13-35-30(22-32)9-8-18-47-35/h10-13,21-22,26,28,39,42H,8-9,14-20,23-25H2,1-7H3. The number of nitrogens with one attached hydrogen (secondary N) is 1. The normalized spacial score (nSPS) is 17.4. The van der Waals surface area contributed by atoms with E-state index in [-0.39, 0.29) is 6.10 Å².